The third-order valence-electron chi connectivity index (χ3n) is 11.9. The number of carbonyl (C=O) groups is 2. The summed E-state index contributed by atoms with van der Waals surface area (Å²) in [5.41, 5.74) is 2.35. The average molecular weight is 767 g/mol. The number of amides is 2. The second-order valence-electron chi connectivity index (χ2n) is 15.4. The summed E-state index contributed by atoms with van der Waals surface area (Å²) in [6, 6.07) is 40.4. The zero-order valence-electron chi connectivity index (χ0n) is 32.0. The molecule has 1 spiro atoms. The van der Waals surface area contributed by atoms with Crippen LogP contribution in [0.1, 0.15) is 24.5 Å². The Balaban J connectivity index is 1.28. The number of hydrogen-bond donors (Lipinski definition) is 2. The molecular formula is C45H46N4O6Si. The minimum atomic E-state index is -2.59. The minimum absolute atomic E-state index is 0.0191. The molecule has 0 unspecified atom stereocenters. The van der Waals surface area contributed by atoms with Crippen molar-refractivity contribution in [1.29, 1.82) is 0 Å². The van der Waals surface area contributed by atoms with Crippen molar-refractivity contribution in [3.63, 3.8) is 0 Å². The molecule has 0 radical (unpaired) electrons. The molecule has 11 heteroatoms. The van der Waals surface area contributed by atoms with Crippen LogP contribution >= 0.6 is 0 Å². The number of fused-ring (bicyclic) bond motifs is 3. The van der Waals surface area contributed by atoms with E-state index < -0.39 is 19.8 Å². The van der Waals surface area contributed by atoms with Crippen molar-refractivity contribution < 1.29 is 24.2 Å². The molecule has 56 heavy (non-hydrogen) atoms. The van der Waals surface area contributed by atoms with Gasteiger partial charge in [0.15, 0.2) is 5.60 Å². The maximum atomic E-state index is 15.4. The van der Waals surface area contributed by atoms with Crippen LogP contribution in [-0.2, 0) is 26.5 Å². The summed E-state index contributed by atoms with van der Waals surface area (Å²) in [5.74, 6) is -0.0377. The number of carbonyl (C=O) groups excluding carboxylic acids is 2. The van der Waals surface area contributed by atoms with E-state index in [2.05, 4.69) is 37.2 Å². The van der Waals surface area contributed by atoms with Gasteiger partial charge in [-0.1, -0.05) is 98.0 Å². The van der Waals surface area contributed by atoms with Gasteiger partial charge in [-0.25, -0.2) is 4.68 Å². The SMILES string of the molecule is COc1ccc([Si](C)(C)[C@@H]2[C@@H](CC(=O)N(CCO)Cc3ccccc3)O[C@]3(C(=O)N(c4ccccc4)c4ccc(-n5[nH]c6ccccc6c5=O)cc43)[C@H]2C)cc1. The number of ether oxygens (including phenoxy) is 2. The number of H-pyrrole nitrogens is 1. The molecule has 0 saturated carbocycles. The fourth-order valence-electron chi connectivity index (χ4n) is 9.16. The standard InChI is InChI=1S/C45H46N4O6Si/c1-30-42(56(3,4)35-22-20-34(54-2)21-23-35)40(28-41(51)47(25-26-50)29-31-13-7-5-8-14-31)55-45(30)37-27-33(49-43(52)36-17-11-12-18-38(36)46-49)19-24-39(37)48(44(45)53)32-15-9-6-10-16-32/h5-24,27,30,40,42,46,50H,25-26,28-29H2,1-4H3/t30-,40+,42-,45+/m0/s1. The zero-order valence-corrected chi connectivity index (χ0v) is 33.0. The molecule has 3 heterocycles. The van der Waals surface area contributed by atoms with Gasteiger partial charge < -0.3 is 19.5 Å². The second kappa shape index (κ2) is 14.7. The molecule has 4 atom stereocenters. The van der Waals surface area contributed by atoms with E-state index in [1.165, 1.54) is 4.68 Å². The van der Waals surface area contributed by atoms with E-state index in [1.807, 2.05) is 109 Å². The monoisotopic (exact) mass is 766 g/mol. The summed E-state index contributed by atoms with van der Waals surface area (Å²) in [4.78, 5) is 47.0. The van der Waals surface area contributed by atoms with Gasteiger partial charge in [0.25, 0.3) is 11.5 Å². The third-order valence-corrected chi connectivity index (χ3v) is 16.3. The average Bonchev–Trinajstić information content (AvgIpc) is 3.80. The lowest BCUT2D eigenvalue weighted by atomic mass is 9.82. The lowest BCUT2D eigenvalue weighted by Gasteiger charge is -2.37. The molecule has 2 amide bonds. The highest BCUT2D eigenvalue weighted by Crippen LogP contribution is 2.61. The Bertz CT molecular complexity index is 2450. The van der Waals surface area contributed by atoms with Gasteiger partial charge in [-0.05, 0) is 65.7 Å². The highest BCUT2D eigenvalue weighted by molar-refractivity contribution is 6.91. The van der Waals surface area contributed by atoms with Crippen LogP contribution in [-0.4, -0.2) is 66.0 Å². The number of para-hydroxylation sites is 2. The zero-order chi connectivity index (χ0) is 39.2. The lowest BCUT2D eigenvalue weighted by molar-refractivity contribution is -0.149. The number of aliphatic hydroxyl groups is 1. The van der Waals surface area contributed by atoms with Crippen LogP contribution in [0.15, 0.2) is 132 Å². The summed E-state index contributed by atoms with van der Waals surface area (Å²) in [5, 5.41) is 15.0. The molecule has 6 aromatic rings. The Hall–Kier alpha value is -5.75. The number of methoxy groups -OCH3 is 1. The predicted molar refractivity (Wildman–Crippen MR) is 221 cm³/mol. The Morgan fingerprint density at radius 1 is 0.893 bits per heavy atom. The molecule has 2 aliphatic rings. The van der Waals surface area contributed by atoms with E-state index in [4.69, 9.17) is 9.47 Å². The molecule has 2 N–H and O–H groups in total. The van der Waals surface area contributed by atoms with Crippen LogP contribution < -0.4 is 20.4 Å². The summed E-state index contributed by atoms with van der Waals surface area (Å²) in [6.07, 6.45) is -0.629. The van der Waals surface area contributed by atoms with Crippen LogP contribution in [0.25, 0.3) is 16.6 Å². The summed E-state index contributed by atoms with van der Waals surface area (Å²) < 4.78 is 14.3. The van der Waals surface area contributed by atoms with Crippen LogP contribution in [0.2, 0.25) is 18.6 Å². The second-order valence-corrected chi connectivity index (χ2v) is 20.0. The quantitative estimate of drug-likeness (QED) is 0.143. The van der Waals surface area contributed by atoms with Crippen LogP contribution in [0.5, 0.6) is 5.75 Å². The first kappa shape index (κ1) is 37.2. The number of hydrogen-bond acceptors (Lipinski definition) is 6. The van der Waals surface area contributed by atoms with Gasteiger partial charge in [0.05, 0.1) is 56.6 Å². The molecule has 1 saturated heterocycles. The molecule has 2 aliphatic heterocycles. The van der Waals surface area contributed by atoms with E-state index in [1.54, 1.807) is 23.0 Å². The normalized spacial score (nSPS) is 20.5. The smallest absolute Gasteiger partial charge is 0.279 e. The van der Waals surface area contributed by atoms with E-state index in [-0.39, 0.29) is 48.4 Å². The van der Waals surface area contributed by atoms with Crippen LogP contribution in [0.4, 0.5) is 11.4 Å². The summed E-state index contributed by atoms with van der Waals surface area (Å²) in [7, 11) is -0.948. The topological polar surface area (TPSA) is 117 Å². The van der Waals surface area contributed by atoms with Gasteiger partial charge in [0.2, 0.25) is 5.91 Å². The van der Waals surface area contributed by atoms with Gasteiger partial charge in [-0.15, -0.1) is 0 Å². The van der Waals surface area contributed by atoms with E-state index in [0.717, 1.165) is 16.5 Å². The first-order chi connectivity index (χ1) is 27.1. The Labute approximate surface area is 326 Å². The van der Waals surface area contributed by atoms with Crippen molar-refractivity contribution in [3.8, 4) is 11.4 Å². The van der Waals surface area contributed by atoms with Crippen molar-refractivity contribution in [2.24, 2.45) is 5.92 Å². The summed E-state index contributed by atoms with van der Waals surface area (Å²) in [6.45, 7) is 6.96. The number of nitrogens with zero attached hydrogens (tertiary/aromatic N) is 3. The highest BCUT2D eigenvalue weighted by atomic mass is 28.3. The first-order valence-corrected chi connectivity index (χ1v) is 22.2. The number of aromatic nitrogens is 2. The molecule has 1 fully saturated rings. The van der Waals surface area contributed by atoms with Gasteiger partial charge in [0, 0.05) is 30.3 Å². The summed E-state index contributed by atoms with van der Waals surface area (Å²) >= 11 is 0. The van der Waals surface area contributed by atoms with E-state index in [0.29, 0.717) is 40.1 Å². The molecule has 10 nitrogen and oxygen atoms in total. The largest absolute Gasteiger partial charge is 0.497 e. The van der Waals surface area contributed by atoms with Crippen molar-refractivity contribution in [1.82, 2.24) is 14.7 Å². The fraction of sp³-hybridized carbons (Fsp3) is 0.267. The molecule has 0 aliphatic carbocycles. The Morgan fingerprint density at radius 2 is 1.57 bits per heavy atom. The maximum absolute atomic E-state index is 15.4. The van der Waals surface area contributed by atoms with Crippen LogP contribution in [0.3, 0.4) is 0 Å². The van der Waals surface area contributed by atoms with Crippen molar-refractivity contribution in [2.45, 2.75) is 50.2 Å². The maximum Gasteiger partial charge on any atom is 0.279 e. The molecule has 0 bridgehead atoms. The predicted octanol–water partition coefficient (Wildman–Crippen LogP) is 6.63. The van der Waals surface area contributed by atoms with Crippen molar-refractivity contribution >= 4 is 47.4 Å². The fourth-order valence-corrected chi connectivity index (χ4v) is 13.2. The molecule has 286 valence electrons. The number of nitrogens with one attached hydrogen (secondary N) is 1. The number of aliphatic hydroxyl groups excluding tert-OH is 1. The lowest BCUT2D eigenvalue weighted by Crippen LogP contribution is -2.52. The Morgan fingerprint density at radius 3 is 2.25 bits per heavy atom. The highest BCUT2D eigenvalue weighted by Gasteiger charge is 2.67. The third kappa shape index (κ3) is 6.16. The number of aromatic amines is 1. The molecule has 1 aromatic heterocycles. The molecular weight excluding hydrogens is 721 g/mol. The van der Waals surface area contributed by atoms with Crippen LogP contribution in [0, 0.1) is 5.92 Å². The van der Waals surface area contributed by atoms with Crippen molar-refractivity contribution in [2.75, 3.05) is 25.2 Å². The number of anilines is 2. The number of benzene rings is 5. The van der Waals surface area contributed by atoms with Gasteiger partial charge in [-0.2, -0.15) is 0 Å². The minimum Gasteiger partial charge on any atom is -0.497 e. The number of rotatable bonds is 11. The molecule has 8 rings (SSSR count). The van der Waals surface area contributed by atoms with E-state index in [9.17, 15) is 14.7 Å². The molecule has 5 aromatic carbocycles. The van der Waals surface area contributed by atoms with Gasteiger partial charge in [-0.3, -0.25) is 24.4 Å². The van der Waals surface area contributed by atoms with Gasteiger partial charge >= 0.3 is 0 Å². The van der Waals surface area contributed by atoms with E-state index >= 15 is 4.79 Å². The van der Waals surface area contributed by atoms with Gasteiger partial charge in [0.1, 0.15) is 5.75 Å². The van der Waals surface area contributed by atoms with Crippen molar-refractivity contribution in [3.05, 3.63) is 149 Å². The Kier molecular flexibility index (Phi) is 9.77. The first-order valence-electron chi connectivity index (χ1n) is 19.1.